The van der Waals surface area contributed by atoms with Crippen molar-refractivity contribution in [2.24, 2.45) is 0 Å². The van der Waals surface area contributed by atoms with Crippen molar-refractivity contribution in [1.82, 2.24) is 10.6 Å². The highest BCUT2D eigenvalue weighted by Gasteiger charge is 2.15. The highest BCUT2D eigenvalue weighted by atomic mass is 16.5. The van der Waals surface area contributed by atoms with Gasteiger partial charge in [-0.15, -0.1) is 0 Å². The van der Waals surface area contributed by atoms with E-state index in [0.29, 0.717) is 0 Å². The summed E-state index contributed by atoms with van der Waals surface area (Å²) in [5, 5.41) is 6.27. The lowest BCUT2D eigenvalue weighted by Crippen LogP contribution is -2.39. The molecule has 2 N–H and O–H groups in total. The molecule has 1 aliphatic rings. The van der Waals surface area contributed by atoms with Gasteiger partial charge in [0.2, 0.25) is 5.91 Å². The quantitative estimate of drug-likeness (QED) is 0.828. The maximum absolute atomic E-state index is 11.8. The van der Waals surface area contributed by atoms with Crippen molar-refractivity contribution in [2.75, 3.05) is 19.7 Å². The number of benzene rings is 1. The van der Waals surface area contributed by atoms with Crippen molar-refractivity contribution in [3.05, 3.63) is 35.9 Å². The highest BCUT2D eigenvalue weighted by molar-refractivity contribution is 5.77. The normalized spacial score (nSPS) is 17.6. The molecule has 0 radical (unpaired) electrons. The summed E-state index contributed by atoms with van der Waals surface area (Å²) in [6.45, 7) is 4.16. The van der Waals surface area contributed by atoms with Gasteiger partial charge in [0.05, 0.1) is 6.10 Å². The number of carbonyl (C=O) groups is 1. The first-order valence-electron chi connectivity index (χ1n) is 7.39. The van der Waals surface area contributed by atoms with E-state index in [0.717, 1.165) is 32.4 Å². The minimum atomic E-state index is -0.0213. The topological polar surface area (TPSA) is 50.4 Å². The summed E-state index contributed by atoms with van der Waals surface area (Å²) in [5.74, 6) is -0.0213. The first-order chi connectivity index (χ1) is 9.74. The molecule has 4 heteroatoms. The predicted octanol–water partition coefficient (Wildman–Crippen LogP) is 1.50. The van der Waals surface area contributed by atoms with Gasteiger partial charge in [-0.1, -0.05) is 30.3 Å². The summed E-state index contributed by atoms with van der Waals surface area (Å²) in [7, 11) is 0. The zero-order valence-electron chi connectivity index (χ0n) is 12.1. The van der Waals surface area contributed by atoms with Gasteiger partial charge in [0.15, 0.2) is 0 Å². The Bertz CT molecular complexity index is 402. The Hall–Kier alpha value is -1.39. The lowest BCUT2D eigenvalue weighted by atomic mass is 10.1. The summed E-state index contributed by atoms with van der Waals surface area (Å²) >= 11 is 0. The van der Waals surface area contributed by atoms with Crippen molar-refractivity contribution in [3.8, 4) is 0 Å². The average Bonchev–Trinajstić information content (AvgIpc) is 2.47. The second-order valence-electron chi connectivity index (χ2n) is 5.42. The molecular formula is C16H24N2O2. The van der Waals surface area contributed by atoms with Crippen molar-refractivity contribution < 1.29 is 9.53 Å². The third-order valence-electron chi connectivity index (χ3n) is 3.53. The first-order valence-corrected chi connectivity index (χ1v) is 7.39. The SMILES string of the molecule is CC(Cc1ccccc1)NC(=O)COC1CCNCC1. The van der Waals surface area contributed by atoms with Crippen LogP contribution in [-0.2, 0) is 16.0 Å². The summed E-state index contributed by atoms with van der Waals surface area (Å²) in [6, 6.07) is 10.3. The third kappa shape index (κ3) is 5.31. The van der Waals surface area contributed by atoms with Crippen LogP contribution in [0.3, 0.4) is 0 Å². The van der Waals surface area contributed by atoms with Gasteiger partial charge in [-0.3, -0.25) is 4.79 Å². The van der Waals surface area contributed by atoms with E-state index in [9.17, 15) is 4.79 Å². The van der Waals surface area contributed by atoms with Gasteiger partial charge in [-0.2, -0.15) is 0 Å². The van der Waals surface area contributed by atoms with E-state index in [1.54, 1.807) is 0 Å². The van der Waals surface area contributed by atoms with Gasteiger partial charge in [0, 0.05) is 6.04 Å². The number of carbonyl (C=O) groups excluding carboxylic acids is 1. The van der Waals surface area contributed by atoms with Crippen molar-refractivity contribution in [3.63, 3.8) is 0 Å². The number of hydrogen-bond donors (Lipinski definition) is 2. The minimum Gasteiger partial charge on any atom is -0.368 e. The predicted molar refractivity (Wildman–Crippen MR) is 79.6 cm³/mol. The van der Waals surface area contributed by atoms with Gasteiger partial charge in [-0.05, 0) is 44.8 Å². The molecule has 1 unspecified atom stereocenters. The monoisotopic (exact) mass is 276 g/mol. The van der Waals surface area contributed by atoms with Crippen LogP contribution in [0.4, 0.5) is 0 Å². The van der Waals surface area contributed by atoms with Crippen LogP contribution in [-0.4, -0.2) is 37.7 Å². The zero-order valence-corrected chi connectivity index (χ0v) is 12.1. The van der Waals surface area contributed by atoms with E-state index in [1.165, 1.54) is 5.56 Å². The Kier molecular flexibility index (Phi) is 6.02. The molecule has 4 nitrogen and oxygen atoms in total. The van der Waals surface area contributed by atoms with Gasteiger partial charge >= 0.3 is 0 Å². The van der Waals surface area contributed by atoms with Crippen LogP contribution < -0.4 is 10.6 Å². The van der Waals surface area contributed by atoms with Crippen LogP contribution in [0.1, 0.15) is 25.3 Å². The van der Waals surface area contributed by atoms with E-state index in [-0.39, 0.29) is 24.7 Å². The Morgan fingerprint density at radius 1 is 1.35 bits per heavy atom. The van der Waals surface area contributed by atoms with Crippen molar-refractivity contribution >= 4 is 5.91 Å². The van der Waals surface area contributed by atoms with Crippen LogP contribution >= 0.6 is 0 Å². The van der Waals surface area contributed by atoms with E-state index >= 15 is 0 Å². The molecule has 0 spiro atoms. The fraction of sp³-hybridized carbons (Fsp3) is 0.562. The lowest BCUT2D eigenvalue weighted by molar-refractivity contribution is -0.128. The fourth-order valence-electron chi connectivity index (χ4n) is 2.49. The third-order valence-corrected chi connectivity index (χ3v) is 3.53. The molecule has 0 bridgehead atoms. The van der Waals surface area contributed by atoms with Gasteiger partial charge < -0.3 is 15.4 Å². The molecule has 0 aromatic heterocycles. The lowest BCUT2D eigenvalue weighted by Gasteiger charge is -2.23. The van der Waals surface area contributed by atoms with Gasteiger partial charge in [0.1, 0.15) is 6.61 Å². The Morgan fingerprint density at radius 3 is 2.75 bits per heavy atom. The summed E-state index contributed by atoms with van der Waals surface area (Å²) in [5.41, 5.74) is 1.24. The van der Waals surface area contributed by atoms with Crippen LogP contribution in [0.25, 0.3) is 0 Å². The number of amides is 1. The van der Waals surface area contributed by atoms with E-state index in [2.05, 4.69) is 22.8 Å². The maximum Gasteiger partial charge on any atom is 0.246 e. The van der Waals surface area contributed by atoms with Crippen LogP contribution in [0, 0.1) is 0 Å². The number of hydrogen-bond acceptors (Lipinski definition) is 3. The molecule has 1 fully saturated rings. The van der Waals surface area contributed by atoms with Crippen LogP contribution in [0.2, 0.25) is 0 Å². The molecule has 1 aromatic rings. The maximum atomic E-state index is 11.8. The van der Waals surface area contributed by atoms with Crippen LogP contribution in [0.15, 0.2) is 30.3 Å². The molecule has 1 aliphatic heterocycles. The minimum absolute atomic E-state index is 0.0213. The second-order valence-corrected chi connectivity index (χ2v) is 5.42. The number of nitrogens with one attached hydrogen (secondary N) is 2. The molecule has 1 saturated heterocycles. The summed E-state index contributed by atoms with van der Waals surface area (Å²) < 4.78 is 5.64. The molecule has 110 valence electrons. The molecule has 20 heavy (non-hydrogen) atoms. The molecule has 1 aromatic carbocycles. The fourth-order valence-corrected chi connectivity index (χ4v) is 2.49. The largest absolute Gasteiger partial charge is 0.368 e. The molecule has 1 atom stereocenters. The molecule has 1 amide bonds. The van der Waals surface area contributed by atoms with Crippen molar-refractivity contribution in [1.29, 1.82) is 0 Å². The second kappa shape index (κ2) is 8.02. The highest BCUT2D eigenvalue weighted by Crippen LogP contribution is 2.07. The Morgan fingerprint density at radius 2 is 2.05 bits per heavy atom. The zero-order chi connectivity index (χ0) is 14.2. The van der Waals surface area contributed by atoms with Crippen LogP contribution in [0.5, 0.6) is 0 Å². The molecule has 1 heterocycles. The molecular weight excluding hydrogens is 252 g/mol. The summed E-state index contributed by atoms with van der Waals surface area (Å²) in [6.07, 6.45) is 3.06. The first kappa shape index (κ1) is 15.0. The number of ether oxygens (including phenoxy) is 1. The van der Waals surface area contributed by atoms with E-state index < -0.39 is 0 Å². The van der Waals surface area contributed by atoms with E-state index in [1.807, 2.05) is 25.1 Å². The Balaban J connectivity index is 1.65. The standard InChI is InChI=1S/C16H24N2O2/c1-13(11-14-5-3-2-4-6-14)18-16(19)12-20-15-7-9-17-10-8-15/h2-6,13,15,17H,7-12H2,1H3,(H,18,19). The molecule has 0 saturated carbocycles. The smallest absolute Gasteiger partial charge is 0.246 e. The molecule has 2 rings (SSSR count). The Labute approximate surface area is 120 Å². The van der Waals surface area contributed by atoms with Crippen molar-refractivity contribution in [2.45, 2.75) is 38.3 Å². The van der Waals surface area contributed by atoms with Gasteiger partial charge in [0.25, 0.3) is 0 Å². The number of piperidine rings is 1. The molecule has 0 aliphatic carbocycles. The average molecular weight is 276 g/mol. The summed E-state index contributed by atoms with van der Waals surface area (Å²) in [4.78, 5) is 11.8. The van der Waals surface area contributed by atoms with Gasteiger partial charge in [-0.25, -0.2) is 0 Å². The number of rotatable bonds is 6. The van der Waals surface area contributed by atoms with E-state index in [4.69, 9.17) is 4.74 Å².